The van der Waals surface area contributed by atoms with Crippen molar-refractivity contribution in [3.8, 4) is 0 Å². The van der Waals surface area contributed by atoms with Crippen molar-refractivity contribution >= 4 is 44.0 Å². The second-order valence-electron chi connectivity index (χ2n) is 3.76. The van der Waals surface area contributed by atoms with Crippen LogP contribution >= 0.6 is 27.5 Å². The maximum Gasteiger partial charge on any atom is 0.0647 e. The van der Waals surface area contributed by atoms with Crippen LogP contribution in [-0.2, 0) is 16.6 Å². The van der Waals surface area contributed by atoms with Crippen LogP contribution in [-0.4, -0.2) is 4.21 Å². The van der Waals surface area contributed by atoms with Crippen molar-refractivity contribution in [1.29, 1.82) is 0 Å². The van der Waals surface area contributed by atoms with E-state index in [-0.39, 0.29) is 0 Å². The molecule has 0 radical (unpaired) electrons. The van der Waals surface area contributed by atoms with Gasteiger partial charge in [0.25, 0.3) is 0 Å². The third-order valence-corrected chi connectivity index (χ3v) is 4.93. The van der Waals surface area contributed by atoms with E-state index < -0.39 is 10.8 Å². The number of nitrogen functional groups attached to an aromatic ring is 1. The van der Waals surface area contributed by atoms with Crippen molar-refractivity contribution in [2.24, 2.45) is 0 Å². The summed E-state index contributed by atoms with van der Waals surface area (Å²) >= 11 is 9.37. The minimum atomic E-state index is -1.13. The summed E-state index contributed by atoms with van der Waals surface area (Å²) in [5.74, 6) is 0.446. The minimum Gasteiger partial charge on any atom is -0.398 e. The second-order valence-corrected chi connectivity index (χ2v) is 6.48. The lowest BCUT2D eigenvalue weighted by molar-refractivity contribution is 0.682. The molecule has 1 unspecified atom stereocenters. The number of anilines is 1. The maximum absolute atomic E-state index is 12.2. The van der Waals surface area contributed by atoms with Crippen LogP contribution in [0.3, 0.4) is 0 Å². The first-order chi connectivity index (χ1) is 8.58. The van der Waals surface area contributed by atoms with E-state index in [0.717, 1.165) is 10.0 Å². The van der Waals surface area contributed by atoms with Gasteiger partial charge < -0.3 is 5.73 Å². The Labute approximate surface area is 122 Å². The molecule has 0 amide bonds. The van der Waals surface area contributed by atoms with Crippen molar-refractivity contribution in [3.05, 3.63) is 57.5 Å². The molecule has 1 atom stereocenters. The van der Waals surface area contributed by atoms with Crippen LogP contribution in [0.4, 0.5) is 5.69 Å². The lowest BCUT2D eigenvalue weighted by atomic mass is 10.2. The molecule has 0 aliphatic heterocycles. The molecule has 0 spiro atoms. The zero-order chi connectivity index (χ0) is 13.1. The highest BCUT2D eigenvalue weighted by Crippen LogP contribution is 2.24. The van der Waals surface area contributed by atoms with Gasteiger partial charge in [0.15, 0.2) is 0 Å². The van der Waals surface area contributed by atoms with Crippen LogP contribution in [0.15, 0.2) is 51.8 Å². The Hall–Kier alpha value is -0.840. The Bertz CT molecular complexity index is 603. The Kier molecular flexibility index (Phi) is 4.43. The number of hydrogen-bond acceptors (Lipinski definition) is 2. The van der Waals surface area contributed by atoms with Crippen LogP contribution < -0.4 is 5.73 Å². The van der Waals surface area contributed by atoms with Crippen LogP contribution in [0.25, 0.3) is 0 Å². The van der Waals surface area contributed by atoms with Gasteiger partial charge in [-0.05, 0) is 29.8 Å². The molecule has 2 rings (SSSR count). The highest BCUT2D eigenvalue weighted by Gasteiger charge is 2.09. The van der Waals surface area contributed by atoms with Crippen molar-refractivity contribution in [3.63, 3.8) is 0 Å². The molecule has 2 N–H and O–H groups in total. The van der Waals surface area contributed by atoms with E-state index in [0.29, 0.717) is 21.4 Å². The maximum atomic E-state index is 12.2. The van der Waals surface area contributed by atoms with Gasteiger partial charge in [-0.3, -0.25) is 4.21 Å². The molecule has 0 bridgehead atoms. The lowest BCUT2D eigenvalue weighted by Crippen LogP contribution is -1.98. The molecule has 18 heavy (non-hydrogen) atoms. The van der Waals surface area contributed by atoms with Gasteiger partial charge in [-0.15, -0.1) is 0 Å². The zero-order valence-electron chi connectivity index (χ0n) is 9.40. The van der Waals surface area contributed by atoms with E-state index in [1.807, 2.05) is 24.3 Å². The normalized spacial score (nSPS) is 12.3. The Morgan fingerprint density at radius 1 is 1.22 bits per heavy atom. The van der Waals surface area contributed by atoms with Crippen LogP contribution in [0, 0.1) is 0 Å². The fourth-order valence-electron chi connectivity index (χ4n) is 1.49. The van der Waals surface area contributed by atoms with Gasteiger partial charge >= 0.3 is 0 Å². The molecule has 2 aromatic carbocycles. The SMILES string of the molecule is Nc1ccc(S(=O)Cc2ccccc2Br)cc1Cl. The molecule has 0 saturated heterocycles. The molecule has 0 aliphatic rings. The number of nitrogens with two attached hydrogens (primary N) is 1. The largest absolute Gasteiger partial charge is 0.398 e. The predicted molar refractivity (Wildman–Crippen MR) is 80.1 cm³/mol. The summed E-state index contributed by atoms with van der Waals surface area (Å²) < 4.78 is 13.2. The summed E-state index contributed by atoms with van der Waals surface area (Å²) in [7, 11) is -1.13. The van der Waals surface area contributed by atoms with E-state index in [2.05, 4.69) is 15.9 Å². The van der Waals surface area contributed by atoms with Gasteiger partial charge in [-0.1, -0.05) is 45.7 Å². The van der Waals surface area contributed by atoms with Crippen molar-refractivity contribution in [2.75, 3.05) is 5.73 Å². The molecule has 94 valence electrons. The van der Waals surface area contributed by atoms with Gasteiger partial charge in [0.05, 0.1) is 27.3 Å². The molecule has 0 aliphatic carbocycles. The van der Waals surface area contributed by atoms with Crippen molar-refractivity contribution in [1.82, 2.24) is 0 Å². The Morgan fingerprint density at radius 3 is 2.61 bits per heavy atom. The average Bonchev–Trinajstić information content (AvgIpc) is 2.35. The molecule has 5 heteroatoms. The number of benzene rings is 2. The van der Waals surface area contributed by atoms with E-state index in [4.69, 9.17) is 17.3 Å². The smallest absolute Gasteiger partial charge is 0.0647 e. The third kappa shape index (κ3) is 3.13. The van der Waals surface area contributed by atoms with Crippen molar-refractivity contribution in [2.45, 2.75) is 10.6 Å². The van der Waals surface area contributed by atoms with E-state index in [1.54, 1.807) is 18.2 Å². The molecule has 2 aromatic rings. The first-order valence-corrected chi connectivity index (χ1v) is 7.73. The summed E-state index contributed by atoms with van der Waals surface area (Å²) in [6.07, 6.45) is 0. The fourth-order valence-corrected chi connectivity index (χ4v) is 3.52. The quantitative estimate of drug-likeness (QED) is 0.855. The third-order valence-electron chi connectivity index (χ3n) is 2.48. The molecule has 0 aromatic heterocycles. The minimum absolute atomic E-state index is 0.438. The van der Waals surface area contributed by atoms with Gasteiger partial charge in [0.1, 0.15) is 0 Å². The summed E-state index contributed by atoms with van der Waals surface area (Å²) in [6.45, 7) is 0. The topological polar surface area (TPSA) is 43.1 Å². The van der Waals surface area contributed by atoms with Gasteiger partial charge in [-0.2, -0.15) is 0 Å². The number of hydrogen-bond donors (Lipinski definition) is 1. The van der Waals surface area contributed by atoms with Gasteiger partial charge in [0.2, 0.25) is 0 Å². The molecular weight excluding hydrogens is 334 g/mol. The molecule has 0 fully saturated rings. The van der Waals surface area contributed by atoms with Gasteiger partial charge in [0, 0.05) is 9.37 Å². The van der Waals surface area contributed by atoms with Crippen molar-refractivity contribution < 1.29 is 4.21 Å². The number of rotatable bonds is 3. The Morgan fingerprint density at radius 2 is 1.94 bits per heavy atom. The fraction of sp³-hybridized carbons (Fsp3) is 0.0769. The van der Waals surface area contributed by atoms with E-state index >= 15 is 0 Å². The molecule has 0 heterocycles. The highest BCUT2D eigenvalue weighted by molar-refractivity contribution is 9.10. The first-order valence-electron chi connectivity index (χ1n) is 5.25. The average molecular weight is 345 g/mol. The van der Waals surface area contributed by atoms with Crippen LogP contribution in [0.5, 0.6) is 0 Å². The standard InChI is InChI=1S/C13H11BrClNOS/c14-11-4-2-1-3-9(11)8-18(17)10-5-6-13(16)12(15)7-10/h1-7H,8,16H2. The summed E-state index contributed by atoms with van der Waals surface area (Å²) in [5.41, 5.74) is 7.13. The molecule has 2 nitrogen and oxygen atoms in total. The van der Waals surface area contributed by atoms with Crippen LogP contribution in [0.2, 0.25) is 5.02 Å². The summed E-state index contributed by atoms with van der Waals surface area (Å²) in [5, 5.41) is 0.438. The molecule has 0 saturated carbocycles. The van der Waals surface area contributed by atoms with Gasteiger partial charge in [-0.25, -0.2) is 0 Å². The lowest BCUT2D eigenvalue weighted by Gasteiger charge is -2.06. The summed E-state index contributed by atoms with van der Waals surface area (Å²) in [4.78, 5) is 0.685. The number of halogens is 2. The summed E-state index contributed by atoms with van der Waals surface area (Å²) in [6, 6.07) is 12.8. The first kappa shape index (κ1) is 13.6. The second kappa shape index (κ2) is 5.87. The zero-order valence-corrected chi connectivity index (χ0v) is 12.6. The van der Waals surface area contributed by atoms with Crippen LogP contribution in [0.1, 0.15) is 5.56 Å². The van der Waals surface area contributed by atoms with E-state index in [9.17, 15) is 4.21 Å². The molecular formula is C13H11BrClNOS. The van der Waals surface area contributed by atoms with E-state index in [1.165, 1.54) is 0 Å². The Balaban J connectivity index is 2.22. The highest BCUT2D eigenvalue weighted by atomic mass is 79.9. The monoisotopic (exact) mass is 343 g/mol. The predicted octanol–water partition coefficient (Wildman–Crippen LogP) is 3.99.